The second kappa shape index (κ2) is 7.78. The number of hydrogen-bond acceptors (Lipinski definition) is 5. The molecule has 9 heteroatoms. The van der Waals surface area contributed by atoms with Crippen molar-refractivity contribution in [3.8, 4) is 5.75 Å². The van der Waals surface area contributed by atoms with Crippen LogP contribution in [-0.4, -0.2) is 32.6 Å². The Bertz CT molecular complexity index is 1260. The maximum Gasteiger partial charge on any atom is 0.274 e. The van der Waals surface area contributed by atoms with Gasteiger partial charge in [-0.15, -0.1) is 0 Å². The maximum atomic E-state index is 13.3. The minimum atomic E-state index is -0.430. The Morgan fingerprint density at radius 2 is 1.83 bits per heavy atom. The number of carbonyl (C=O) groups excluding carboxylic acids is 1. The van der Waals surface area contributed by atoms with Crippen molar-refractivity contribution in [2.45, 2.75) is 13.5 Å². The monoisotopic (exact) mass is 407 g/mol. The number of halogens is 1. The normalized spacial score (nSPS) is 10.9. The number of nitrogens with one attached hydrogen (secondary N) is 1. The Hall–Kier alpha value is -4.01. The molecule has 0 atom stereocenters. The molecule has 1 N–H and O–H groups in total. The van der Waals surface area contributed by atoms with Crippen LogP contribution in [0.1, 0.15) is 21.9 Å². The molecule has 0 saturated heterocycles. The standard InChI is InChI=1S/C21H18FN5O3/c1-13-11-19(28)27-21(23-13)24-18(25-27)12-26(16-7-9-17(30-2)10-8-16)20(29)14-3-5-15(22)6-4-14/h3-11H,12H2,1-2H3,(H,23,24,25). The summed E-state index contributed by atoms with van der Waals surface area (Å²) in [6, 6.07) is 13.6. The van der Waals surface area contributed by atoms with Crippen LogP contribution in [-0.2, 0) is 6.54 Å². The molecule has 4 rings (SSSR count). The molecule has 0 radical (unpaired) electrons. The van der Waals surface area contributed by atoms with Crippen LogP contribution in [0.3, 0.4) is 0 Å². The first-order valence-corrected chi connectivity index (χ1v) is 9.11. The van der Waals surface area contributed by atoms with E-state index in [0.717, 1.165) is 0 Å². The number of benzene rings is 2. The molecule has 0 aliphatic rings. The smallest absolute Gasteiger partial charge is 0.274 e. The summed E-state index contributed by atoms with van der Waals surface area (Å²) in [5, 5.41) is 2.88. The number of amides is 1. The van der Waals surface area contributed by atoms with Crippen LogP contribution in [0.25, 0.3) is 5.78 Å². The lowest BCUT2D eigenvalue weighted by Gasteiger charge is -2.22. The van der Waals surface area contributed by atoms with Gasteiger partial charge in [-0.25, -0.2) is 9.37 Å². The third kappa shape index (κ3) is 3.77. The van der Waals surface area contributed by atoms with Crippen molar-refractivity contribution in [1.29, 1.82) is 0 Å². The van der Waals surface area contributed by atoms with E-state index >= 15 is 0 Å². The van der Waals surface area contributed by atoms with E-state index in [0.29, 0.717) is 28.5 Å². The number of fused-ring (bicyclic) bond motifs is 1. The zero-order valence-corrected chi connectivity index (χ0v) is 16.3. The van der Waals surface area contributed by atoms with Gasteiger partial charge in [0.05, 0.1) is 13.7 Å². The van der Waals surface area contributed by atoms with Crippen LogP contribution in [0.2, 0.25) is 0 Å². The molecule has 0 unspecified atom stereocenters. The summed E-state index contributed by atoms with van der Waals surface area (Å²) in [5.41, 5.74) is 1.15. The minimum absolute atomic E-state index is 0.0460. The number of aromatic amines is 1. The van der Waals surface area contributed by atoms with E-state index in [1.54, 1.807) is 38.3 Å². The van der Waals surface area contributed by atoms with Crippen LogP contribution in [0.4, 0.5) is 10.1 Å². The molecule has 152 valence electrons. The van der Waals surface area contributed by atoms with E-state index in [2.05, 4.69) is 15.1 Å². The molecule has 0 aliphatic carbocycles. The number of methoxy groups -OCH3 is 1. The second-order valence-corrected chi connectivity index (χ2v) is 6.64. The van der Waals surface area contributed by atoms with Crippen molar-refractivity contribution < 1.29 is 13.9 Å². The Morgan fingerprint density at radius 1 is 1.13 bits per heavy atom. The molecular formula is C21H18FN5O3. The summed E-state index contributed by atoms with van der Waals surface area (Å²) in [4.78, 5) is 35.4. The van der Waals surface area contributed by atoms with Crippen molar-refractivity contribution in [2.75, 3.05) is 12.0 Å². The minimum Gasteiger partial charge on any atom is -0.497 e. The molecule has 30 heavy (non-hydrogen) atoms. The number of rotatable bonds is 5. The zero-order valence-electron chi connectivity index (χ0n) is 16.3. The van der Waals surface area contributed by atoms with Gasteiger partial charge in [-0.1, -0.05) is 0 Å². The first kappa shape index (κ1) is 19.3. The topological polar surface area (TPSA) is 92.6 Å². The number of nitrogens with zero attached hydrogens (tertiary/aromatic N) is 4. The van der Waals surface area contributed by atoms with Gasteiger partial charge in [0.1, 0.15) is 17.4 Å². The third-order valence-corrected chi connectivity index (χ3v) is 4.53. The number of aryl methyl sites for hydroxylation is 1. The lowest BCUT2D eigenvalue weighted by molar-refractivity contribution is 0.0984. The number of ether oxygens (including phenoxy) is 1. The molecule has 0 saturated carbocycles. The van der Waals surface area contributed by atoms with E-state index in [4.69, 9.17) is 4.74 Å². The molecule has 0 spiro atoms. The van der Waals surface area contributed by atoms with Gasteiger partial charge < -0.3 is 9.64 Å². The van der Waals surface area contributed by atoms with Gasteiger partial charge in [-0.05, 0) is 55.5 Å². The van der Waals surface area contributed by atoms with E-state index in [1.807, 2.05) is 0 Å². The maximum absolute atomic E-state index is 13.3. The lowest BCUT2D eigenvalue weighted by atomic mass is 10.1. The Labute approximate surface area is 170 Å². The first-order valence-electron chi connectivity index (χ1n) is 9.11. The number of hydrogen-bond donors (Lipinski definition) is 1. The summed E-state index contributed by atoms with van der Waals surface area (Å²) in [5.74, 6) is 0.455. The Kier molecular flexibility index (Phi) is 5.01. The van der Waals surface area contributed by atoms with E-state index in [1.165, 1.54) is 39.7 Å². The number of anilines is 1. The molecule has 2 aromatic heterocycles. The van der Waals surface area contributed by atoms with Gasteiger partial charge in [0, 0.05) is 23.0 Å². The van der Waals surface area contributed by atoms with Crippen molar-refractivity contribution in [1.82, 2.24) is 19.6 Å². The predicted molar refractivity (Wildman–Crippen MR) is 108 cm³/mol. The highest BCUT2D eigenvalue weighted by molar-refractivity contribution is 6.05. The van der Waals surface area contributed by atoms with Gasteiger partial charge in [-0.2, -0.15) is 9.50 Å². The van der Waals surface area contributed by atoms with Crippen LogP contribution < -0.4 is 15.2 Å². The number of H-pyrrole nitrogens is 1. The Balaban J connectivity index is 1.74. The molecule has 0 bridgehead atoms. The van der Waals surface area contributed by atoms with Gasteiger partial charge >= 0.3 is 0 Å². The van der Waals surface area contributed by atoms with E-state index in [-0.39, 0.29) is 23.8 Å². The SMILES string of the molecule is COc1ccc(N(Cc2nc3nc(C)cc(=O)n3[nH]2)C(=O)c2ccc(F)cc2)cc1. The fraction of sp³-hybridized carbons (Fsp3) is 0.143. The van der Waals surface area contributed by atoms with Gasteiger partial charge in [0.2, 0.25) is 0 Å². The highest BCUT2D eigenvalue weighted by Gasteiger charge is 2.20. The van der Waals surface area contributed by atoms with Crippen molar-refractivity contribution in [3.05, 3.63) is 87.9 Å². The summed E-state index contributed by atoms with van der Waals surface area (Å²) in [7, 11) is 1.55. The average Bonchev–Trinajstić information content (AvgIpc) is 3.15. The molecule has 2 heterocycles. The van der Waals surface area contributed by atoms with Crippen molar-refractivity contribution in [2.24, 2.45) is 0 Å². The van der Waals surface area contributed by atoms with E-state index < -0.39 is 5.82 Å². The average molecular weight is 407 g/mol. The molecule has 1 amide bonds. The summed E-state index contributed by atoms with van der Waals surface area (Å²) in [6.45, 7) is 1.75. The fourth-order valence-electron chi connectivity index (χ4n) is 3.05. The Morgan fingerprint density at radius 3 is 2.50 bits per heavy atom. The molecular weight excluding hydrogens is 389 g/mol. The van der Waals surface area contributed by atoms with Gasteiger partial charge in [0.15, 0.2) is 0 Å². The largest absolute Gasteiger partial charge is 0.497 e. The summed E-state index contributed by atoms with van der Waals surface area (Å²) in [6.07, 6.45) is 0. The molecule has 2 aromatic carbocycles. The number of carbonyl (C=O) groups is 1. The molecule has 0 fully saturated rings. The van der Waals surface area contributed by atoms with Gasteiger partial charge in [0.25, 0.3) is 17.2 Å². The van der Waals surface area contributed by atoms with Crippen molar-refractivity contribution in [3.63, 3.8) is 0 Å². The zero-order chi connectivity index (χ0) is 21.3. The first-order chi connectivity index (χ1) is 14.4. The molecule has 4 aromatic rings. The van der Waals surface area contributed by atoms with Crippen LogP contribution in [0.5, 0.6) is 5.75 Å². The highest BCUT2D eigenvalue weighted by atomic mass is 19.1. The quantitative estimate of drug-likeness (QED) is 0.549. The molecule has 8 nitrogen and oxygen atoms in total. The predicted octanol–water partition coefficient (Wildman–Crippen LogP) is 2.72. The fourth-order valence-corrected chi connectivity index (χ4v) is 3.05. The third-order valence-electron chi connectivity index (χ3n) is 4.53. The van der Waals surface area contributed by atoms with Gasteiger partial charge in [-0.3, -0.25) is 14.7 Å². The van der Waals surface area contributed by atoms with Crippen LogP contribution in [0, 0.1) is 12.7 Å². The summed E-state index contributed by atoms with van der Waals surface area (Å²) >= 11 is 0. The second-order valence-electron chi connectivity index (χ2n) is 6.64. The molecule has 0 aliphatic heterocycles. The van der Waals surface area contributed by atoms with E-state index in [9.17, 15) is 14.0 Å². The number of aromatic nitrogens is 4. The van der Waals surface area contributed by atoms with Crippen LogP contribution >= 0.6 is 0 Å². The summed E-state index contributed by atoms with van der Waals surface area (Å²) < 4.78 is 19.7. The van der Waals surface area contributed by atoms with Crippen molar-refractivity contribution >= 4 is 17.4 Å². The lowest BCUT2D eigenvalue weighted by Crippen LogP contribution is -2.31. The highest BCUT2D eigenvalue weighted by Crippen LogP contribution is 2.23. The van der Waals surface area contributed by atoms with Crippen LogP contribution in [0.15, 0.2) is 59.4 Å².